The second-order valence-corrected chi connectivity index (χ2v) is 5.75. The summed E-state index contributed by atoms with van der Waals surface area (Å²) in [5.74, 6) is 0. The molecule has 0 unspecified atom stereocenters. The van der Waals surface area contributed by atoms with E-state index in [2.05, 4.69) is 0 Å². The Morgan fingerprint density at radius 2 is 1.87 bits per heavy atom. The highest BCUT2D eigenvalue weighted by molar-refractivity contribution is 7.91. The van der Waals surface area contributed by atoms with E-state index in [1.165, 1.54) is 0 Å². The summed E-state index contributed by atoms with van der Waals surface area (Å²) in [7, 11) is -3.34. The van der Waals surface area contributed by atoms with Gasteiger partial charge in [0, 0.05) is 12.3 Å². The van der Waals surface area contributed by atoms with Crippen molar-refractivity contribution in [2.75, 3.05) is 12.9 Å². The Morgan fingerprint density at radius 3 is 2.27 bits per heavy atom. The monoisotopic (exact) mass is 229 g/mol. The summed E-state index contributed by atoms with van der Waals surface area (Å²) in [6, 6.07) is 8.20. The number of nitrogens with two attached hydrogens (primary N) is 1. The molecule has 0 saturated carbocycles. The minimum absolute atomic E-state index is 0.463. The van der Waals surface area contributed by atoms with Gasteiger partial charge in [-0.3, -0.25) is 0 Å². The van der Waals surface area contributed by atoms with Crippen molar-refractivity contribution in [2.45, 2.75) is 11.3 Å². The van der Waals surface area contributed by atoms with E-state index >= 15 is 0 Å². The number of hydrogen-bond acceptors (Lipinski definition) is 4. The maximum absolute atomic E-state index is 11.3. The van der Waals surface area contributed by atoms with E-state index in [0.29, 0.717) is 5.56 Å². The Hall–Kier alpha value is -0.910. The Balaban J connectivity index is 2.98. The summed E-state index contributed by atoms with van der Waals surface area (Å²) in [6.45, 7) is -0.463. The average molecular weight is 229 g/mol. The van der Waals surface area contributed by atoms with Crippen molar-refractivity contribution < 1.29 is 13.5 Å². The fourth-order valence-corrected chi connectivity index (χ4v) is 2.37. The van der Waals surface area contributed by atoms with Gasteiger partial charge in [0.25, 0.3) is 0 Å². The second kappa shape index (κ2) is 4.74. The van der Waals surface area contributed by atoms with Crippen molar-refractivity contribution in [2.24, 2.45) is 5.73 Å². The highest BCUT2D eigenvalue weighted by Crippen LogP contribution is 2.18. The number of aliphatic hydroxyl groups is 1. The van der Waals surface area contributed by atoms with Crippen molar-refractivity contribution in [3.05, 3.63) is 35.9 Å². The second-order valence-electron chi connectivity index (χ2n) is 3.49. The third kappa shape index (κ3) is 3.02. The third-order valence-electron chi connectivity index (χ3n) is 2.31. The molecule has 2 atom stereocenters. The zero-order chi connectivity index (χ0) is 11.5. The van der Waals surface area contributed by atoms with Crippen LogP contribution in [0.3, 0.4) is 0 Å². The van der Waals surface area contributed by atoms with Crippen LogP contribution in [-0.2, 0) is 9.84 Å². The van der Waals surface area contributed by atoms with E-state index < -0.39 is 27.7 Å². The predicted octanol–water partition coefficient (Wildman–Crippen LogP) is 0.0919. The molecule has 15 heavy (non-hydrogen) atoms. The molecular formula is C10H15NO3S. The molecule has 0 amide bonds. The lowest BCUT2D eigenvalue weighted by atomic mass is 10.1. The molecule has 0 aliphatic rings. The van der Waals surface area contributed by atoms with E-state index in [1.54, 1.807) is 24.3 Å². The summed E-state index contributed by atoms with van der Waals surface area (Å²) in [5.41, 5.74) is 6.51. The van der Waals surface area contributed by atoms with Crippen LogP contribution in [0, 0.1) is 0 Å². The number of aliphatic hydroxyl groups excluding tert-OH is 1. The van der Waals surface area contributed by atoms with Crippen LogP contribution in [0.4, 0.5) is 0 Å². The molecule has 0 spiro atoms. The Morgan fingerprint density at radius 1 is 1.33 bits per heavy atom. The van der Waals surface area contributed by atoms with Gasteiger partial charge in [-0.25, -0.2) is 8.42 Å². The van der Waals surface area contributed by atoms with Crippen LogP contribution in [0.25, 0.3) is 0 Å². The van der Waals surface area contributed by atoms with Gasteiger partial charge >= 0.3 is 0 Å². The van der Waals surface area contributed by atoms with Gasteiger partial charge in [-0.1, -0.05) is 30.3 Å². The summed E-state index contributed by atoms with van der Waals surface area (Å²) < 4.78 is 22.7. The summed E-state index contributed by atoms with van der Waals surface area (Å²) in [6.07, 6.45) is 1.08. The number of sulfone groups is 1. The maximum atomic E-state index is 11.3. The highest BCUT2D eigenvalue weighted by Gasteiger charge is 2.27. The SMILES string of the molecule is CS(=O)(=O)[C@@H](CO)[C@@H](N)c1ccccc1. The smallest absolute Gasteiger partial charge is 0.154 e. The fraction of sp³-hybridized carbons (Fsp3) is 0.400. The molecule has 0 fully saturated rings. The van der Waals surface area contributed by atoms with E-state index in [9.17, 15) is 8.42 Å². The number of benzene rings is 1. The van der Waals surface area contributed by atoms with E-state index in [4.69, 9.17) is 10.8 Å². The van der Waals surface area contributed by atoms with Crippen LogP contribution in [0.2, 0.25) is 0 Å². The Kier molecular flexibility index (Phi) is 3.84. The molecule has 1 aromatic carbocycles. The fourth-order valence-electron chi connectivity index (χ4n) is 1.41. The van der Waals surface area contributed by atoms with Crippen LogP contribution >= 0.6 is 0 Å². The van der Waals surface area contributed by atoms with Crippen LogP contribution in [-0.4, -0.2) is 31.6 Å². The maximum Gasteiger partial charge on any atom is 0.154 e. The summed E-state index contributed by atoms with van der Waals surface area (Å²) in [4.78, 5) is 0. The topological polar surface area (TPSA) is 80.4 Å². The van der Waals surface area contributed by atoms with Gasteiger partial charge < -0.3 is 10.8 Å². The molecule has 1 rings (SSSR count). The van der Waals surface area contributed by atoms with E-state index in [0.717, 1.165) is 6.26 Å². The zero-order valence-corrected chi connectivity index (χ0v) is 9.31. The van der Waals surface area contributed by atoms with Gasteiger partial charge in [-0.05, 0) is 5.56 Å². The normalized spacial score (nSPS) is 15.9. The molecule has 0 radical (unpaired) electrons. The quantitative estimate of drug-likeness (QED) is 0.767. The first-order valence-electron chi connectivity index (χ1n) is 4.57. The van der Waals surface area contributed by atoms with Crippen LogP contribution in [0.15, 0.2) is 30.3 Å². The van der Waals surface area contributed by atoms with Crippen molar-refractivity contribution in [1.29, 1.82) is 0 Å². The Labute approximate surface area is 89.7 Å². The molecule has 0 bridgehead atoms. The highest BCUT2D eigenvalue weighted by atomic mass is 32.2. The summed E-state index contributed by atoms with van der Waals surface area (Å²) in [5, 5.41) is 8.09. The van der Waals surface area contributed by atoms with E-state index in [1.807, 2.05) is 6.07 Å². The molecule has 4 nitrogen and oxygen atoms in total. The van der Waals surface area contributed by atoms with Crippen LogP contribution in [0.5, 0.6) is 0 Å². The lowest BCUT2D eigenvalue weighted by Crippen LogP contribution is -2.36. The van der Waals surface area contributed by atoms with Gasteiger partial charge in [0.2, 0.25) is 0 Å². The zero-order valence-electron chi connectivity index (χ0n) is 8.50. The van der Waals surface area contributed by atoms with Crippen molar-refractivity contribution in [1.82, 2.24) is 0 Å². The lowest BCUT2D eigenvalue weighted by molar-refractivity contribution is 0.278. The minimum atomic E-state index is -3.34. The number of hydrogen-bond donors (Lipinski definition) is 2. The van der Waals surface area contributed by atoms with Gasteiger partial charge in [0.15, 0.2) is 9.84 Å². The van der Waals surface area contributed by atoms with Gasteiger partial charge in [-0.2, -0.15) is 0 Å². The molecule has 5 heteroatoms. The molecule has 0 aliphatic carbocycles. The van der Waals surface area contributed by atoms with Crippen molar-refractivity contribution >= 4 is 9.84 Å². The average Bonchev–Trinajstić information content (AvgIpc) is 2.18. The third-order valence-corrected chi connectivity index (χ3v) is 3.86. The standard InChI is InChI=1S/C10H15NO3S/c1-15(13,14)9(7-12)10(11)8-5-3-2-4-6-8/h2-6,9-10,12H,7,11H2,1H3/t9-,10-/m0/s1. The van der Waals surface area contributed by atoms with Gasteiger partial charge in [0.1, 0.15) is 5.25 Å². The summed E-state index contributed by atoms with van der Waals surface area (Å²) >= 11 is 0. The van der Waals surface area contributed by atoms with Gasteiger partial charge in [0.05, 0.1) is 6.61 Å². The molecule has 1 aromatic rings. The molecule has 0 aliphatic heterocycles. The largest absolute Gasteiger partial charge is 0.395 e. The van der Waals surface area contributed by atoms with Crippen LogP contribution < -0.4 is 5.73 Å². The first kappa shape index (κ1) is 12.2. The first-order valence-corrected chi connectivity index (χ1v) is 6.52. The molecule has 0 aromatic heterocycles. The van der Waals surface area contributed by atoms with E-state index in [-0.39, 0.29) is 0 Å². The predicted molar refractivity (Wildman–Crippen MR) is 59.1 cm³/mol. The molecule has 3 N–H and O–H groups in total. The van der Waals surface area contributed by atoms with Crippen molar-refractivity contribution in [3.63, 3.8) is 0 Å². The lowest BCUT2D eigenvalue weighted by Gasteiger charge is -2.20. The molecule has 0 heterocycles. The molecular weight excluding hydrogens is 214 g/mol. The van der Waals surface area contributed by atoms with Crippen LogP contribution in [0.1, 0.15) is 11.6 Å². The molecule has 0 saturated heterocycles. The van der Waals surface area contributed by atoms with Crippen molar-refractivity contribution in [3.8, 4) is 0 Å². The molecule has 84 valence electrons. The Bertz CT molecular complexity index is 402. The minimum Gasteiger partial charge on any atom is -0.395 e. The first-order chi connectivity index (χ1) is 6.96. The number of rotatable bonds is 4. The van der Waals surface area contributed by atoms with Gasteiger partial charge in [-0.15, -0.1) is 0 Å².